The van der Waals surface area contributed by atoms with Crippen molar-refractivity contribution in [2.75, 3.05) is 25.3 Å². The summed E-state index contributed by atoms with van der Waals surface area (Å²) in [6.07, 6.45) is 1.54. The van der Waals surface area contributed by atoms with Gasteiger partial charge in [-0.2, -0.15) is 0 Å². The van der Waals surface area contributed by atoms with Gasteiger partial charge < -0.3 is 20.1 Å². The van der Waals surface area contributed by atoms with Crippen molar-refractivity contribution in [3.63, 3.8) is 0 Å². The number of hydrogen-bond donors (Lipinski definition) is 2. The van der Waals surface area contributed by atoms with Gasteiger partial charge in [-0.25, -0.2) is 0 Å². The van der Waals surface area contributed by atoms with E-state index < -0.39 is 11.8 Å². The number of anilines is 1. The van der Waals surface area contributed by atoms with E-state index in [4.69, 9.17) is 32.7 Å². The van der Waals surface area contributed by atoms with Gasteiger partial charge in [0.25, 0.3) is 11.8 Å². The van der Waals surface area contributed by atoms with Crippen LogP contribution < -0.4 is 20.1 Å². The number of carbonyl (C=O) groups excluding carboxylic acids is 3. The second-order valence-electron chi connectivity index (χ2n) is 8.81. The van der Waals surface area contributed by atoms with Crippen molar-refractivity contribution in [1.29, 1.82) is 0 Å². The highest BCUT2D eigenvalue weighted by Gasteiger charge is 2.17. The van der Waals surface area contributed by atoms with Crippen molar-refractivity contribution in [3.8, 4) is 11.5 Å². The van der Waals surface area contributed by atoms with Crippen LogP contribution in [0.2, 0.25) is 10.0 Å². The average Bonchev–Trinajstić information content (AvgIpc) is 3.02. The van der Waals surface area contributed by atoms with Crippen molar-refractivity contribution in [2.45, 2.75) is 4.90 Å². The standard InChI is InChI=1S/C32H26Cl2N2O5S/c1-40-24-12-8-22(30(18-24)41-2)17-28(36-31(38)20-6-4-3-5-7-20)32(39)35-23-10-13-25(14-11-23)42-19-29(37)21-9-15-26(33)27(34)16-21/h3-18H,19H2,1-2H3,(H,35,39)(H,36,38)/b28-17-. The van der Waals surface area contributed by atoms with Crippen LogP contribution in [0.15, 0.2) is 102 Å². The van der Waals surface area contributed by atoms with Crippen molar-refractivity contribution in [1.82, 2.24) is 5.32 Å². The first-order chi connectivity index (χ1) is 20.3. The van der Waals surface area contributed by atoms with E-state index in [0.29, 0.717) is 43.9 Å². The van der Waals surface area contributed by atoms with Gasteiger partial charge in [0.05, 0.1) is 30.0 Å². The summed E-state index contributed by atoms with van der Waals surface area (Å²) >= 11 is 13.3. The molecule has 214 valence electrons. The molecule has 7 nitrogen and oxygen atoms in total. The number of Topliss-reactive ketones (excluding diaryl/α,β-unsaturated/α-hetero) is 1. The predicted octanol–water partition coefficient (Wildman–Crippen LogP) is 7.40. The fourth-order valence-electron chi connectivity index (χ4n) is 3.77. The molecule has 2 amide bonds. The summed E-state index contributed by atoms with van der Waals surface area (Å²) in [5, 5.41) is 6.24. The fraction of sp³-hybridized carbons (Fsp3) is 0.0938. The SMILES string of the molecule is COc1ccc(/C=C(\NC(=O)c2ccccc2)C(=O)Nc2ccc(SCC(=O)c3ccc(Cl)c(Cl)c3)cc2)c(OC)c1. The quantitative estimate of drug-likeness (QED) is 0.103. The first-order valence-corrected chi connectivity index (χ1v) is 14.3. The lowest BCUT2D eigenvalue weighted by atomic mass is 10.1. The van der Waals surface area contributed by atoms with Crippen LogP contribution >= 0.6 is 35.0 Å². The molecule has 0 fully saturated rings. The lowest BCUT2D eigenvalue weighted by Gasteiger charge is -2.13. The molecule has 0 atom stereocenters. The van der Waals surface area contributed by atoms with Crippen LogP contribution in [0.3, 0.4) is 0 Å². The predicted molar refractivity (Wildman–Crippen MR) is 168 cm³/mol. The summed E-state index contributed by atoms with van der Waals surface area (Å²) in [5.41, 5.74) is 1.95. The molecule has 0 aromatic heterocycles. The van der Waals surface area contributed by atoms with Gasteiger partial charge in [-0.05, 0) is 72.8 Å². The zero-order chi connectivity index (χ0) is 30.1. The first-order valence-electron chi connectivity index (χ1n) is 12.6. The molecule has 0 aliphatic carbocycles. The Morgan fingerprint density at radius 2 is 1.55 bits per heavy atom. The Bertz CT molecular complexity index is 1630. The monoisotopic (exact) mass is 620 g/mol. The molecule has 42 heavy (non-hydrogen) atoms. The second-order valence-corrected chi connectivity index (χ2v) is 10.7. The zero-order valence-electron chi connectivity index (χ0n) is 22.7. The van der Waals surface area contributed by atoms with E-state index in [1.165, 1.54) is 24.9 Å². The molecule has 4 aromatic carbocycles. The number of ether oxygens (including phenoxy) is 2. The van der Waals surface area contributed by atoms with E-state index in [-0.39, 0.29) is 17.2 Å². The van der Waals surface area contributed by atoms with E-state index in [2.05, 4.69) is 10.6 Å². The van der Waals surface area contributed by atoms with Crippen molar-refractivity contribution in [3.05, 3.63) is 123 Å². The summed E-state index contributed by atoms with van der Waals surface area (Å²) in [6, 6.07) is 25.5. The number of amides is 2. The van der Waals surface area contributed by atoms with Gasteiger partial charge in [0, 0.05) is 33.3 Å². The topological polar surface area (TPSA) is 93.7 Å². The van der Waals surface area contributed by atoms with Crippen LogP contribution in [-0.2, 0) is 4.79 Å². The number of rotatable bonds is 11. The van der Waals surface area contributed by atoms with Gasteiger partial charge in [-0.15, -0.1) is 11.8 Å². The van der Waals surface area contributed by atoms with Crippen LogP contribution in [0.25, 0.3) is 6.08 Å². The summed E-state index contributed by atoms with van der Waals surface area (Å²) in [6.45, 7) is 0. The highest BCUT2D eigenvalue weighted by atomic mass is 35.5. The molecule has 0 spiro atoms. The molecular formula is C32H26Cl2N2O5S. The molecule has 0 bridgehead atoms. The van der Waals surface area contributed by atoms with Gasteiger partial charge in [0.15, 0.2) is 5.78 Å². The summed E-state index contributed by atoms with van der Waals surface area (Å²) in [5.74, 6) is 0.181. The average molecular weight is 622 g/mol. The highest BCUT2D eigenvalue weighted by molar-refractivity contribution is 8.00. The Hall–Kier alpha value is -4.24. The molecule has 4 aromatic rings. The summed E-state index contributed by atoms with van der Waals surface area (Å²) in [4.78, 5) is 39.7. The number of thioether (sulfide) groups is 1. The molecule has 4 rings (SSSR count). The minimum absolute atomic E-state index is 0.0120. The smallest absolute Gasteiger partial charge is 0.272 e. The molecule has 10 heteroatoms. The molecule has 0 saturated heterocycles. The lowest BCUT2D eigenvalue weighted by molar-refractivity contribution is -0.113. The second kappa shape index (κ2) is 14.6. The number of carbonyl (C=O) groups is 3. The van der Waals surface area contributed by atoms with Gasteiger partial charge in [0.1, 0.15) is 17.2 Å². The van der Waals surface area contributed by atoms with Crippen LogP contribution in [0.5, 0.6) is 11.5 Å². The maximum Gasteiger partial charge on any atom is 0.272 e. The maximum atomic E-state index is 13.4. The van der Waals surface area contributed by atoms with Crippen LogP contribution in [0.1, 0.15) is 26.3 Å². The molecule has 0 saturated carbocycles. The minimum Gasteiger partial charge on any atom is -0.497 e. The largest absolute Gasteiger partial charge is 0.497 e. The van der Waals surface area contributed by atoms with Crippen molar-refractivity contribution in [2.24, 2.45) is 0 Å². The maximum absolute atomic E-state index is 13.4. The van der Waals surface area contributed by atoms with E-state index in [9.17, 15) is 14.4 Å². The van der Waals surface area contributed by atoms with Crippen LogP contribution in [0, 0.1) is 0 Å². The normalized spacial score (nSPS) is 11.0. The Morgan fingerprint density at radius 1 is 0.810 bits per heavy atom. The van der Waals surface area contributed by atoms with Crippen molar-refractivity contribution >= 4 is 64.3 Å². The van der Waals surface area contributed by atoms with E-state index in [1.807, 2.05) is 0 Å². The van der Waals surface area contributed by atoms with Crippen molar-refractivity contribution < 1.29 is 23.9 Å². The number of hydrogen-bond acceptors (Lipinski definition) is 6. The van der Waals surface area contributed by atoms with E-state index in [1.54, 1.807) is 98.1 Å². The van der Waals surface area contributed by atoms with E-state index >= 15 is 0 Å². The Balaban J connectivity index is 1.49. The Kier molecular flexibility index (Phi) is 10.7. The third-order valence-corrected chi connectivity index (χ3v) is 7.74. The van der Waals surface area contributed by atoms with Gasteiger partial charge in [-0.3, -0.25) is 14.4 Å². The number of ketones is 1. The number of halogens is 2. The number of methoxy groups -OCH3 is 2. The molecule has 0 aliphatic rings. The molecular weight excluding hydrogens is 595 g/mol. The lowest BCUT2D eigenvalue weighted by Crippen LogP contribution is -2.30. The Labute approximate surface area is 257 Å². The summed E-state index contributed by atoms with van der Waals surface area (Å²) in [7, 11) is 3.05. The van der Waals surface area contributed by atoms with Gasteiger partial charge in [0.2, 0.25) is 0 Å². The molecule has 2 N–H and O–H groups in total. The molecule has 0 radical (unpaired) electrons. The molecule has 0 unspecified atom stereocenters. The van der Waals surface area contributed by atoms with Gasteiger partial charge >= 0.3 is 0 Å². The minimum atomic E-state index is -0.535. The van der Waals surface area contributed by atoms with E-state index in [0.717, 1.165) is 4.90 Å². The van der Waals surface area contributed by atoms with Crippen LogP contribution in [0.4, 0.5) is 5.69 Å². The molecule has 0 heterocycles. The van der Waals surface area contributed by atoms with Crippen LogP contribution in [-0.4, -0.2) is 37.6 Å². The highest BCUT2D eigenvalue weighted by Crippen LogP contribution is 2.28. The third kappa shape index (κ3) is 8.16. The van der Waals surface area contributed by atoms with Gasteiger partial charge in [-0.1, -0.05) is 41.4 Å². The Morgan fingerprint density at radius 3 is 2.21 bits per heavy atom. The number of benzene rings is 4. The third-order valence-electron chi connectivity index (χ3n) is 5.99. The molecule has 0 aliphatic heterocycles. The fourth-order valence-corrected chi connectivity index (χ4v) is 4.86. The number of nitrogens with one attached hydrogen (secondary N) is 2. The summed E-state index contributed by atoms with van der Waals surface area (Å²) < 4.78 is 10.7. The zero-order valence-corrected chi connectivity index (χ0v) is 25.0. The first kappa shape index (κ1) is 30.7.